The number of hydrogen-bond donors (Lipinski definition) is 2. The predicted octanol–water partition coefficient (Wildman–Crippen LogP) is 2.25. The molecule has 0 aliphatic carbocycles. The molecule has 0 aliphatic heterocycles. The highest BCUT2D eigenvalue weighted by Gasteiger charge is 2.26. The predicted molar refractivity (Wildman–Crippen MR) is 73.4 cm³/mol. The fourth-order valence-electron chi connectivity index (χ4n) is 1.95. The van der Waals surface area contributed by atoms with Gasteiger partial charge in [0, 0.05) is 12.6 Å². The van der Waals surface area contributed by atoms with Gasteiger partial charge >= 0.3 is 5.69 Å². The molecule has 108 valence electrons. The normalized spacial score (nSPS) is 12.7. The summed E-state index contributed by atoms with van der Waals surface area (Å²) in [6, 6.07) is 0.0122. The molecule has 1 aromatic rings. The number of hydrogen-bond acceptors (Lipinski definition) is 5. The summed E-state index contributed by atoms with van der Waals surface area (Å²) in [6.07, 6.45) is 1.02. The highest BCUT2D eigenvalue weighted by atomic mass is 16.6. The molecule has 1 aromatic heterocycles. The number of aliphatic hydroxyl groups is 1. The van der Waals surface area contributed by atoms with Crippen molar-refractivity contribution < 1.29 is 10.0 Å². The van der Waals surface area contributed by atoms with E-state index < -0.39 is 11.0 Å². The number of rotatable bonds is 7. The zero-order valence-corrected chi connectivity index (χ0v) is 11.9. The maximum absolute atomic E-state index is 11.1. The maximum atomic E-state index is 11.1. The van der Waals surface area contributed by atoms with E-state index in [9.17, 15) is 15.2 Å². The molecule has 1 heterocycles. The molecule has 7 nitrogen and oxygen atoms in total. The van der Waals surface area contributed by atoms with Crippen LogP contribution >= 0.6 is 0 Å². The first kappa shape index (κ1) is 15.4. The molecule has 0 aliphatic rings. The van der Waals surface area contributed by atoms with E-state index in [1.54, 1.807) is 11.6 Å². The van der Waals surface area contributed by atoms with Crippen LogP contribution in [0.2, 0.25) is 0 Å². The van der Waals surface area contributed by atoms with Gasteiger partial charge in [0.2, 0.25) is 5.82 Å². The molecular formula is C12H22N4O3. The number of anilines is 1. The van der Waals surface area contributed by atoms with Crippen LogP contribution in [-0.4, -0.2) is 32.5 Å². The van der Waals surface area contributed by atoms with Crippen LogP contribution in [0, 0.1) is 17.0 Å². The molecule has 0 spiro atoms. The van der Waals surface area contributed by atoms with E-state index in [0.29, 0.717) is 17.9 Å². The number of nitro groups is 1. The van der Waals surface area contributed by atoms with Crippen LogP contribution < -0.4 is 5.32 Å². The van der Waals surface area contributed by atoms with Gasteiger partial charge in [-0.25, -0.2) is 4.68 Å². The monoisotopic (exact) mass is 270 g/mol. The van der Waals surface area contributed by atoms with E-state index in [-0.39, 0.29) is 18.3 Å². The van der Waals surface area contributed by atoms with Crippen molar-refractivity contribution in [2.75, 3.05) is 11.9 Å². The Morgan fingerprint density at radius 1 is 1.53 bits per heavy atom. The lowest BCUT2D eigenvalue weighted by Gasteiger charge is -2.14. The topological polar surface area (TPSA) is 93.2 Å². The van der Waals surface area contributed by atoms with Gasteiger partial charge in [-0.1, -0.05) is 13.3 Å². The Bertz CT molecular complexity index is 442. The van der Waals surface area contributed by atoms with Crippen molar-refractivity contribution in [3.05, 3.63) is 15.8 Å². The quantitative estimate of drug-likeness (QED) is 0.585. The van der Waals surface area contributed by atoms with E-state index >= 15 is 0 Å². The van der Waals surface area contributed by atoms with E-state index in [0.717, 1.165) is 6.42 Å². The third-order valence-corrected chi connectivity index (χ3v) is 2.85. The number of aromatic nitrogens is 2. The second-order valence-corrected chi connectivity index (χ2v) is 4.90. The Labute approximate surface area is 112 Å². The van der Waals surface area contributed by atoms with E-state index in [1.807, 2.05) is 20.8 Å². The molecule has 1 atom stereocenters. The molecule has 0 radical (unpaired) electrons. The van der Waals surface area contributed by atoms with Crippen LogP contribution in [0.25, 0.3) is 0 Å². The van der Waals surface area contributed by atoms with Crippen LogP contribution in [0.4, 0.5) is 11.5 Å². The molecule has 0 saturated carbocycles. The van der Waals surface area contributed by atoms with Gasteiger partial charge < -0.3 is 10.4 Å². The van der Waals surface area contributed by atoms with E-state index in [2.05, 4.69) is 10.4 Å². The van der Waals surface area contributed by atoms with Crippen LogP contribution in [0.3, 0.4) is 0 Å². The summed E-state index contributed by atoms with van der Waals surface area (Å²) >= 11 is 0. The van der Waals surface area contributed by atoms with Gasteiger partial charge in [-0.15, -0.1) is 0 Å². The van der Waals surface area contributed by atoms with Gasteiger partial charge in [-0.05, 0) is 27.2 Å². The Balaban J connectivity index is 2.99. The SMILES string of the molecule is CCCC(O)CNc1c([N+](=O)[O-])c(C)nn1C(C)C. The minimum Gasteiger partial charge on any atom is -0.391 e. The highest BCUT2D eigenvalue weighted by Crippen LogP contribution is 2.30. The highest BCUT2D eigenvalue weighted by molar-refractivity contribution is 5.59. The molecule has 0 amide bonds. The molecule has 0 aromatic carbocycles. The first-order valence-electron chi connectivity index (χ1n) is 6.53. The van der Waals surface area contributed by atoms with Gasteiger partial charge in [0.15, 0.2) is 0 Å². The van der Waals surface area contributed by atoms with Crippen LogP contribution in [0.5, 0.6) is 0 Å². The molecule has 0 bridgehead atoms. The fourth-order valence-corrected chi connectivity index (χ4v) is 1.95. The van der Waals surface area contributed by atoms with Gasteiger partial charge in [0.25, 0.3) is 0 Å². The Morgan fingerprint density at radius 2 is 2.16 bits per heavy atom. The van der Waals surface area contributed by atoms with Gasteiger partial charge in [-0.3, -0.25) is 10.1 Å². The van der Waals surface area contributed by atoms with Crippen LogP contribution in [-0.2, 0) is 0 Å². The minimum atomic E-state index is -0.513. The molecule has 19 heavy (non-hydrogen) atoms. The molecule has 7 heteroatoms. The van der Waals surface area contributed by atoms with E-state index in [4.69, 9.17) is 0 Å². The van der Waals surface area contributed by atoms with Crippen molar-refractivity contribution in [3.63, 3.8) is 0 Å². The zero-order valence-electron chi connectivity index (χ0n) is 11.9. The summed E-state index contributed by atoms with van der Waals surface area (Å²) < 4.78 is 1.59. The van der Waals surface area contributed by atoms with Crippen molar-refractivity contribution in [2.24, 2.45) is 0 Å². The lowest BCUT2D eigenvalue weighted by atomic mass is 10.2. The standard InChI is InChI=1S/C12H22N4O3/c1-5-6-10(17)7-13-12-11(16(18)19)9(4)14-15(12)8(2)3/h8,10,13,17H,5-7H2,1-4H3. The van der Waals surface area contributed by atoms with Crippen molar-refractivity contribution in [1.82, 2.24) is 9.78 Å². The molecule has 2 N–H and O–H groups in total. The van der Waals surface area contributed by atoms with Gasteiger partial charge in [0.1, 0.15) is 5.69 Å². The van der Waals surface area contributed by atoms with Crippen molar-refractivity contribution in [3.8, 4) is 0 Å². The van der Waals surface area contributed by atoms with Gasteiger partial charge in [-0.2, -0.15) is 5.10 Å². The summed E-state index contributed by atoms with van der Waals surface area (Å²) in [4.78, 5) is 10.7. The lowest BCUT2D eigenvalue weighted by molar-refractivity contribution is -0.384. The molecule has 1 rings (SSSR count). The summed E-state index contributed by atoms with van der Waals surface area (Å²) in [6.45, 7) is 7.69. The van der Waals surface area contributed by atoms with E-state index in [1.165, 1.54) is 0 Å². The Kier molecular flexibility index (Phi) is 5.29. The average Bonchev–Trinajstić information content (AvgIpc) is 2.64. The van der Waals surface area contributed by atoms with Crippen LogP contribution in [0.15, 0.2) is 0 Å². The smallest absolute Gasteiger partial charge is 0.333 e. The molecular weight excluding hydrogens is 248 g/mol. The summed E-state index contributed by atoms with van der Waals surface area (Å²) in [7, 11) is 0. The van der Waals surface area contributed by atoms with Crippen LogP contribution in [0.1, 0.15) is 45.3 Å². The summed E-state index contributed by atoms with van der Waals surface area (Å²) in [5.41, 5.74) is 0.364. The number of nitrogens with zero attached hydrogens (tertiary/aromatic N) is 3. The van der Waals surface area contributed by atoms with Gasteiger partial charge in [0.05, 0.1) is 11.0 Å². The third-order valence-electron chi connectivity index (χ3n) is 2.85. The Morgan fingerprint density at radius 3 is 2.63 bits per heavy atom. The second kappa shape index (κ2) is 6.51. The zero-order chi connectivity index (χ0) is 14.6. The van der Waals surface area contributed by atoms with Crippen molar-refractivity contribution >= 4 is 11.5 Å². The molecule has 0 fully saturated rings. The summed E-state index contributed by atoms with van der Waals surface area (Å²) in [5.74, 6) is 0.368. The number of nitrogens with one attached hydrogen (secondary N) is 1. The number of aliphatic hydroxyl groups excluding tert-OH is 1. The second-order valence-electron chi connectivity index (χ2n) is 4.90. The van der Waals surface area contributed by atoms with Crippen molar-refractivity contribution in [2.45, 2.75) is 52.7 Å². The largest absolute Gasteiger partial charge is 0.391 e. The van der Waals surface area contributed by atoms with Crippen molar-refractivity contribution in [1.29, 1.82) is 0 Å². The maximum Gasteiger partial charge on any atom is 0.333 e. The minimum absolute atomic E-state index is 0.0122. The molecule has 1 unspecified atom stereocenters. The Hall–Kier alpha value is -1.63. The lowest BCUT2D eigenvalue weighted by Crippen LogP contribution is -2.21. The first-order chi connectivity index (χ1) is 8.88. The summed E-state index contributed by atoms with van der Waals surface area (Å²) in [5, 5.41) is 28.0. The molecule has 0 saturated heterocycles. The number of aryl methyl sites for hydroxylation is 1. The fraction of sp³-hybridized carbons (Fsp3) is 0.750. The third kappa shape index (κ3) is 3.66. The first-order valence-corrected chi connectivity index (χ1v) is 6.53. The average molecular weight is 270 g/mol.